The van der Waals surface area contributed by atoms with E-state index >= 15 is 0 Å². The Kier molecular flexibility index (Phi) is 8.09. The molecule has 172 valence electrons. The summed E-state index contributed by atoms with van der Waals surface area (Å²) < 4.78 is 37.4. The molecule has 2 rings (SSSR count). The lowest BCUT2D eigenvalue weighted by Crippen LogP contribution is -2.30. The summed E-state index contributed by atoms with van der Waals surface area (Å²) in [5, 5.41) is 18.8. The zero-order valence-electron chi connectivity index (χ0n) is 17.2. The van der Waals surface area contributed by atoms with E-state index in [0.29, 0.717) is 6.42 Å². The van der Waals surface area contributed by atoms with E-state index in [0.717, 1.165) is 17.7 Å². The van der Waals surface area contributed by atoms with Crippen molar-refractivity contribution < 1.29 is 37.1 Å². The monoisotopic (exact) mass is 467 g/mol. The van der Waals surface area contributed by atoms with Crippen LogP contribution in [0.2, 0.25) is 0 Å². The van der Waals surface area contributed by atoms with Crippen molar-refractivity contribution in [3.05, 3.63) is 57.6 Å². The molecule has 12 nitrogen and oxygen atoms in total. The number of benzene rings is 2. The maximum Gasteiger partial charge on any atom is 0.345 e. The number of primary sulfonamides is 1. The second-order valence-corrected chi connectivity index (χ2v) is 7.91. The molecule has 0 saturated heterocycles. The molecule has 2 aromatic carbocycles. The SMILES string of the molecule is COc1cc(C(=O)OCC(=O)NCCc2ccc(S(N)(=O)=O)cc2)c([N+](=O)[O-])cc1OC. The molecule has 0 unspecified atom stereocenters. The maximum atomic E-state index is 12.3. The highest BCUT2D eigenvalue weighted by atomic mass is 32.2. The van der Waals surface area contributed by atoms with E-state index in [2.05, 4.69) is 5.32 Å². The number of nitrogens with two attached hydrogens (primary N) is 1. The molecule has 0 aromatic heterocycles. The molecule has 13 heteroatoms. The minimum absolute atomic E-state index is 0.0264. The average molecular weight is 467 g/mol. The van der Waals surface area contributed by atoms with Gasteiger partial charge in [-0.05, 0) is 24.1 Å². The van der Waals surface area contributed by atoms with Gasteiger partial charge >= 0.3 is 5.97 Å². The topological polar surface area (TPSA) is 177 Å². The van der Waals surface area contributed by atoms with Crippen LogP contribution >= 0.6 is 0 Å². The minimum Gasteiger partial charge on any atom is -0.493 e. The smallest absolute Gasteiger partial charge is 0.345 e. The lowest BCUT2D eigenvalue weighted by Gasteiger charge is -2.11. The van der Waals surface area contributed by atoms with Crippen molar-refractivity contribution in [2.75, 3.05) is 27.4 Å². The highest BCUT2D eigenvalue weighted by Crippen LogP contribution is 2.34. The van der Waals surface area contributed by atoms with Gasteiger partial charge in [0.05, 0.1) is 30.1 Å². The molecule has 0 aliphatic rings. The number of carbonyl (C=O) groups excluding carboxylic acids is 2. The number of hydrogen-bond acceptors (Lipinski definition) is 9. The van der Waals surface area contributed by atoms with E-state index in [1.54, 1.807) is 12.1 Å². The fraction of sp³-hybridized carbons (Fsp3) is 0.263. The number of hydrogen-bond donors (Lipinski definition) is 2. The number of esters is 1. The average Bonchev–Trinajstić information content (AvgIpc) is 2.76. The molecule has 32 heavy (non-hydrogen) atoms. The van der Waals surface area contributed by atoms with Gasteiger partial charge in [0.25, 0.3) is 11.6 Å². The Balaban J connectivity index is 1.93. The number of carbonyl (C=O) groups is 2. The Hall–Kier alpha value is -3.71. The molecule has 0 heterocycles. The number of amides is 1. The van der Waals surface area contributed by atoms with Crippen molar-refractivity contribution in [1.29, 1.82) is 0 Å². The number of methoxy groups -OCH3 is 2. The number of nitro groups is 1. The fourth-order valence-electron chi connectivity index (χ4n) is 2.63. The van der Waals surface area contributed by atoms with Crippen LogP contribution in [0, 0.1) is 10.1 Å². The van der Waals surface area contributed by atoms with Crippen molar-refractivity contribution >= 4 is 27.6 Å². The summed E-state index contributed by atoms with van der Waals surface area (Å²) in [6, 6.07) is 7.94. The van der Waals surface area contributed by atoms with Crippen LogP contribution in [0.4, 0.5) is 5.69 Å². The number of sulfonamides is 1. The largest absolute Gasteiger partial charge is 0.493 e. The minimum atomic E-state index is -3.78. The Labute approximate surface area is 183 Å². The van der Waals surface area contributed by atoms with Gasteiger partial charge in [-0.1, -0.05) is 12.1 Å². The van der Waals surface area contributed by atoms with Gasteiger partial charge in [-0.3, -0.25) is 14.9 Å². The third kappa shape index (κ3) is 6.39. The third-order valence-corrected chi connectivity index (χ3v) is 5.17. The molecule has 0 radical (unpaired) electrons. The van der Waals surface area contributed by atoms with E-state index in [9.17, 15) is 28.1 Å². The molecular formula is C19H21N3O9S. The highest BCUT2D eigenvalue weighted by molar-refractivity contribution is 7.89. The number of nitrogens with zero attached hydrogens (tertiary/aromatic N) is 1. The summed E-state index contributed by atoms with van der Waals surface area (Å²) >= 11 is 0. The van der Waals surface area contributed by atoms with Gasteiger partial charge in [-0.2, -0.15) is 0 Å². The van der Waals surface area contributed by atoms with Crippen molar-refractivity contribution in [2.24, 2.45) is 5.14 Å². The Morgan fingerprint density at radius 3 is 2.22 bits per heavy atom. The van der Waals surface area contributed by atoms with Crippen LogP contribution in [-0.4, -0.2) is 52.6 Å². The quantitative estimate of drug-likeness (QED) is 0.290. The third-order valence-electron chi connectivity index (χ3n) is 4.24. The van der Waals surface area contributed by atoms with Gasteiger partial charge in [-0.15, -0.1) is 0 Å². The molecule has 0 bridgehead atoms. The van der Waals surface area contributed by atoms with E-state index < -0.39 is 44.7 Å². The van der Waals surface area contributed by atoms with Gasteiger partial charge < -0.3 is 19.5 Å². The normalized spacial score (nSPS) is 10.8. The first-order valence-corrected chi connectivity index (χ1v) is 10.6. The maximum absolute atomic E-state index is 12.3. The first-order chi connectivity index (χ1) is 15.1. The second kappa shape index (κ2) is 10.5. The van der Waals surface area contributed by atoms with Crippen molar-refractivity contribution in [3.63, 3.8) is 0 Å². The first-order valence-electron chi connectivity index (χ1n) is 9.02. The van der Waals surface area contributed by atoms with Crippen molar-refractivity contribution in [2.45, 2.75) is 11.3 Å². The molecule has 1 amide bonds. The summed E-state index contributed by atoms with van der Waals surface area (Å²) in [6.45, 7) is -0.476. The van der Waals surface area contributed by atoms with Crippen LogP contribution < -0.4 is 19.9 Å². The van der Waals surface area contributed by atoms with E-state index in [1.807, 2.05) is 0 Å². The Morgan fingerprint density at radius 1 is 1.09 bits per heavy atom. The van der Waals surface area contributed by atoms with E-state index in [4.69, 9.17) is 19.3 Å². The first kappa shape index (κ1) is 24.6. The second-order valence-electron chi connectivity index (χ2n) is 6.35. The predicted octanol–water partition coefficient (Wildman–Crippen LogP) is 0.775. The Morgan fingerprint density at radius 2 is 1.69 bits per heavy atom. The predicted molar refractivity (Wildman–Crippen MR) is 111 cm³/mol. The van der Waals surface area contributed by atoms with Gasteiger partial charge in [0.1, 0.15) is 5.56 Å². The lowest BCUT2D eigenvalue weighted by molar-refractivity contribution is -0.385. The lowest BCUT2D eigenvalue weighted by atomic mass is 10.1. The van der Waals surface area contributed by atoms with Gasteiger partial charge in [-0.25, -0.2) is 18.4 Å². The zero-order chi connectivity index (χ0) is 23.9. The number of ether oxygens (including phenoxy) is 3. The van der Waals surface area contributed by atoms with Crippen LogP contribution in [0.15, 0.2) is 41.3 Å². The molecule has 2 aromatic rings. The zero-order valence-corrected chi connectivity index (χ0v) is 18.0. The molecule has 0 saturated carbocycles. The fourth-order valence-corrected chi connectivity index (χ4v) is 3.15. The molecule has 0 aliphatic carbocycles. The number of rotatable bonds is 10. The van der Waals surface area contributed by atoms with Crippen molar-refractivity contribution in [1.82, 2.24) is 5.32 Å². The Bertz CT molecular complexity index is 1120. The van der Waals surface area contributed by atoms with Crippen LogP contribution in [0.25, 0.3) is 0 Å². The molecule has 0 fully saturated rings. The molecule has 0 spiro atoms. The standard InChI is InChI=1S/C19H21N3O9S/c1-29-16-9-14(15(22(25)26)10-17(16)30-2)19(24)31-11-18(23)21-8-7-12-3-5-13(6-4-12)32(20,27)28/h3-6,9-10H,7-8,11H2,1-2H3,(H,21,23)(H2,20,27,28). The number of nitrogens with one attached hydrogen (secondary N) is 1. The molecule has 0 atom stereocenters. The molecule has 3 N–H and O–H groups in total. The highest BCUT2D eigenvalue weighted by Gasteiger charge is 2.26. The number of nitro benzene ring substituents is 1. The van der Waals surface area contributed by atoms with Gasteiger partial charge in [0.15, 0.2) is 18.1 Å². The summed E-state index contributed by atoms with van der Waals surface area (Å²) in [5.41, 5.74) is -0.206. The van der Waals surface area contributed by atoms with Gasteiger partial charge in [0.2, 0.25) is 10.0 Å². The van der Waals surface area contributed by atoms with E-state index in [-0.39, 0.29) is 22.9 Å². The van der Waals surface area contributed by atoms with Crippen molar-refractivity contribution in [3.8, 4) is 11.5 Å². The molecule has 0 aliphatic heterocycles. The van der Waals surface area contributed by atoms with Crippen LogP contribution in [0.5, 0.6) is 11.5 Å². The van der Waals surface area contributed by atoms with Crippen LogP contribution in [0.1, 0.15) is 15.9 Å². The van der Waals surface area contributed by atoms with E-state index in [1.165, 1.54) is 26.4 Å². The molecular weight excluding hydrogens is 446 g/mol. The summed E-state index contributed by atoms with van der Waals surface area (Å²) in [5.74, 6) is -1.55. The van der Waals surface area contributed by atoms with Crippen LogP contribution in [0.3, 0.4) is 0 Å². The summed E-state index contributed by atoms with van der Waals surface area (Å²) in [7, 11) is -1.19. The van der Waals surface area contributed by atoms with Crippen LogP contribution in [-0.2, 0) is 26.0 Å². The summed E-state index contributed by atoms with van der Waals surface area (Å²) in [4.78, 5) is 34.7. The van der Waals surface area contributed by atoms with Gasteiger partial charge in [0, 0.05) is 12.6 Å². The summed E-state index contributed by atoms with van der Waals surface area (Å²) in [6.07, 6.45) is 0.381.